The molecular formula is C25H16N2O3S. The molecule has 0 atom stereocenters. The lowest BCUT2D eigenvalue weighted by Gasteiger charge is -2.10. The molecule has 2 aromatic heterocycles. The van der Waals surface area contributed by atoms with Gasteiger partial charge in [-0.2, -0.15) is 0 Å². The molecule has 0 radical (unpaired) electrons. The van der Waals surface area contributed by atoms with Crippen LogP contribution in [0.15, 0.2) is 101 Å². The summed E-state index contributed by atoms with van der Waals surface area (Å²) in [5, 5.41) is 1.63. The topological polar surface area (TPSA) is 72.2 Å². The van der Waals surface area contributed by atoms with Gasteiger partial charge in [0.15, 0.2) is 5.58 Å². The summed E-state index contributed by atoms with van der Waals surface area (Å²) in [7, 11) is -3.92. The molecule has 0 aliphatic rings. The first kappa shape index (κ1) is 18.9. The Morgan fingerprint density at radius 1 is 0.806 bits per heavy atom. The van der Waals surface area contributed by atoms with E-state index in [1.54, 1.807) is 42.7 Å². The second kappa shape index (κ2) is 7.63. The first-order chi connectivity index (χ1) is 15.1. The van der Waals surface area contributed by atoms with Gasteiger partial charge in [0.1, 0.15) is 10.5 Å². The molecule has 150 valence electrons. The van der Waals surface area contributed by atoms with E-state index in [2.05, 4.69) is 21.5 Å². The van der Waals surface area contributed by atoms with Gasteiger partial charge in [0, 0.05) is 34.3 Å². The number of nitrogens with zero attached hydrogens (tertiary/aromatic N) is 1. The van der Waals surface area contributed by atoms with E-state index >= 15 is 0 Å². The van der Waals surface area contributed by atoms with Crippen LogP contribution < -0.4 is 4.72 Å². The number of aromatic nitrogens is 1. The molecular weight excluding hydrogens is 408 g/mol. The lowest BCUT2D eigenvalue weighted by molar-refractivity contribution is 0.597. The quantitative estimate of drug-likeness (QED) is 0.405. The number of sulfonamides is 1. The van der Waals surface area contributed by atoms with Gasteiger partial charge < -0.3 is 4.42 Å². The van der Waals surface area contributed by atoms with Gasteiger partial charge in [-0.1, -0.05) is 54.3 Å². The number of fused-ring (bicyclic) bond motifs is 3. The Kier molecular flexibility index (Phi) is 4.66. The number of nitrogens with one attached hydrogen (secondary N) is 1. The predicted octanol–water partition coefficient (Wildman–Crippen LogP) is 5.18. The normalized spacial score (nSPS) is 11.2. The van der Waals surface area contributed by atoms with Gasteiger partial charge in [-0.05, 0) is 36.4 Å². The minimum atomic E-state index is -3.92. The van der Waals surface area contributed by atoms with Gasteiger partial charge in [0.25, 0.3) is 10.0 Å². The molecule has 0 unspecified atom stereocenters. The minimum absolute atomic E-state index is 0.0798. The molecule has 2 heterocycles. The van der Waals surface area contributed by atoms with E-state index < -0.39 is 10.0 Å². The fourth-order valence-electron chi connectivity index (χ4n) is 3.39. The molecule has 0 bridgehead atoms. The van der Waals surface area contributed by atoms with Crippen LogP contribution in [0.5, 0.6) is 0 Å². The number of hydrogen-bond donors (Lipinski definition) is 1. The predicted molar refractivity (Wildman–Crippen MR) is 121 cm³/mol. The number of pyridine rings is 1. The largest absolute Gasteiger partial charge is 0.455 e. The van der Waals surface area contributed by atoms with Crippen LogP contribution in [-0.2, 0) is 10.0 Å². The van der Waals surface area contributed by atoms with Crippen molar-refractivity contribution in [2.75, 3.05) is 4.72 Å². The van der Waals surface area contributed by atoms with Gasteiger partial charge in [-0.3, -0.25) is 9.71 Å². The first-order valence-electron chi connectivity index (χ1n) is 9.56. The third kappa shape index (κ3) is 3.63. The Balaban J connectivity index is 1.56. The number of furan rings is 1. The van der Waals surface area contributed by atoms with Gasteiger partial charge in [0.2, 0.25) is 0 Å². The SMILES string of the molecule is O=S(=O)(Nc1ccccc1C#Cc1cccnc1)c1cccc2c1oc1ccccc12. The van der Waals surface area contributed by atoms with Crippen molar-refractivity contribution in [3.8, 4) is 11.8 Å². The lowest BCUT2D eigenvalue weighted by atomic mass is 10.1. The van der Waals surface area contributed by atoms with Gasteiger partial charge in [0.05, 0.1) is 5.69 Å². The molecule has 0 aliphatic heterocycles. The number of rotatable bonds is 3. The zero-order valence-electron chi connectivity index (χ0n) is 16.2. The third-order valence-electron chi connectivity index (χ3n) is 4.83. The maximum Gasteiger partial charge on any atom is 0.265 e. The number of para-hydroxylation sites is 3. The van der Waals surface area contributed by atoms with Crippen molar-refractivity contribution in [2.24, 2.45) is 0 Å². The van der Waals surface area contributed by atoms with Crippen molar-refractivity contribution in [3.63, 3.8) is 0 Å². The van der Waals surface area contributed by atoms with Crippen molar-refractivity contribution >= 4 is 37.6 Å². The number of anilines is 1. The third-order valence-corrected chi connectivity index (χ3v) is 6.22. The molecule has 0 fully saturated rings. The average molecular weight is 424 g/mol. The first-order valence-corrected chi connectivity index (χ1v) is 11.0. The Morgan fingerprint density at radius 3 is 2.48 bits per heavy atom. The molecule has 0 saturated carbocycles. The fraction of sp³-hybridized carbons (Fsp3) is 0. The molecule has 5 rings (SSSR count). The zero-order valence-corrected chi connectivity index (χ0v) is 17.1. The lowest BCUT2D eigenvalue weighted by Crippen LogP contribution is -2.14. The molecule has 6 heteroatoms. The summed E-state index contributed by atoms with van der Waals surface area (Å²) in [5.41, 5.74) is 2.67. The van der Waals surface area contributed by atoms with E-state index in [0.717, 1.165) is 16.3 Å². The van der Waals surface area contributed by atoms with Crippen molar-refractivity contribution in [1.82, 2.24) is 4.98 Å². The van der Waals surface area contributed by atoms with Crippen LogP contribution >= 0.6 is 0 Å². The summed E-state index contributed by atoms with van der Waals surface area (Å²) in [6.45, 7) is 0. The van der Waals surface area contributed by atoms with Crippen LogP contribution in [0.1, 0.15) is 11.1 Å². The highest BCUT2D eigenvalue weighted by Gasteiger charge is 2.22. The second-order valence-corrected chi connectivity index (χ2v) is 8.52. The number of benzene rings is 3. The van der Waals surface area contributed by atoms with Crippen LogP contribution in [-0.4, -0.2) is 13.4 Å². The molecule has 0 saturated heterocycles. The average Bonchev–Trinajstić information content (AvgIpc) is 3.18. The van der Waals surface area contributed by atoms with Crippen LogP contribution in [0.4, 0.5) is 5.69 Å². The maximum atomic E-state index is 13.3. The van der Waals surface area contributed by atoms with Crippen LogP contribution in [0, 0.1) is 11.8 Å². The summed E-state index contributed by atoms with van der Waals surface area (Å²) in [6.07, 6.45) is 3.33. The van der Waals surface area contributed by atoms with Crippen LogP contribution in [0.3, 0.4) is 0 Å². The second-order valence-electron chi connectivity index (χ2n) is 6.87. The zero-order chi connectivity index (χ0) is 21.3. The number of hydrogen-bond acceptors (Lipinski definition) is 4. The van der Waals surface area contributed by atoms with Gasteiger partial charge >= 0.3 is 0 Å². The van der Waals surface area contributed by atoms with Crippen molar-refractivity contribution < 1.29 is 12.8 Å². The summed E-state index contributed by atoms with van der Waals surface area (Å²) < 4.78 is 35.1. The Morgan fingerprint density at radius 2 is 1.61 bits per heavy atom. The summed E-state index contributed by atoms with van der Waals surface area (Å²) in [6, 6.07) is 23.3. The van der Waals surface area contributed by atoms with E-state index in [1.807, 2.05) is 42.5 Å². The molecule has 3 aromatic carbocycles. The Bertz CT molecular complexity index is 1580. The van der Waals surface area contributed by atoms with Crippen molar-refractivity contribution in [1.29, 1.82) is 0 Å². The summed E-state index contributed by atoms with van der Waals surface area (Å²) in [5.74, 6) is 6.03. The van der Waals surface area contributed by atoms with E-state index in [1.165, 1.54) is 6.07 Å². The Hall–Kier alpha value is -4.08. The Labute approximate surface area is 179 Å². The van der Waals surface area contributed by atoms with Crippen molar-refractivity contribution in [2.45, 2.75) is 4.90 Å². The summed E-state index contributed by atoms with van der Waals surface area (Å²) >= 11 is 0. The highest BCUT2D eigenvalue weighted by molar-refractivity contribution is 7.93. The van der Waals surface area contributed by atoms with Crippen LogP contribution in [0.25, 0.3) is 21.9 Å². The van der Waals surface area contributed by atoms with Crippen LogP contribution in [0.2, 0.25) is 0 Å². The fourth-order valence-corrected chi connectivity index (χ4v) is 4.62. The maximum absolute atomic E-state index is 13.3. The molecule has 0 aliphatic carbocycles. The van der Waals surface area contributed by atoms with E-state index in [0.29, 0.717) is 22.4 Å². The van der Waals surface area contributed by atoms with E-state index in [9.17, 15) is 8.42 Å². The highest BCUT2D eigenvalue weighted by atomic mass is 32.2. The molecule has 1 N–H and O–H groups in total. The van der Waals surface area contributed by atoms with E-state index in [4.69, 9.17) is 4.42 Å². The molecule has 0 spiro atoms. The summed E-state index contributed by atoms with van der Waals surface area (Å²) in [4.78, 5) is 4.12. The highest BCUT2D eigenvalue weighted by Crippen LogP contribution is 2.33. The van der Waals surface area contributed by atoms with Gasteiger partial charge in [-0.15, -0.1) is 0 Å². The van der Waals surface area contributed by atoms with Crippen molar-refractivity contribution in [3.05, 3.63) is 102 Å². The smallest absolute Gasteiger partial charge is 0.265 e. The monoisotopic (exact) mass is 424 g/mol. The van der Waals surface area contributed by atoms with Gasteiger partial charge in [-0.25, -0.2) is 8.42 Å². The molecule has 5 nitrogen and oxygen atoms in total. The minimum Gasteiger partial charge on any atom is -0.455 e. The molecule has 0 amide bonds. The molecule has 31 heavy (non-hydrogen) atoms. The standard InChI is InChI=1S/C25H16N2O3S/c28-31(29,24-13-5-10-21-20-9-2-4-12-23(20)30-25(21)24)27-22-11-3-1-8-19(22)15-14-18-7-6-16-26-17-18/h1-13,16-17,27H. The van der Waals surface area contributed by atoms with E-state index in [-0.39, 0.29) is 4.90 Å². The molecule has 5 aromatic rings.